The summed E-state index contributed by atoms with van der Waals surface area (Å²) < 4.78 is 2.22. The summed E-state index contributed by atoms with van der Waals surface area (Å²) in [4.78, 5) is 4.34. The van der Waals surface area contributed by atoms with Crippen LogP contribution in [0, 0.1) is 5.41 Å². The van der Waals surface area contributed by atoms with Crippen molar-refractivity contribution >= 4 is 0 Å². The maximum absolute atomic E-state index is 4.34. The first-order valence-electron chi connectivity index (χ1n) is 7.37. The van der Waals surface area contributed by atoms with Crippen LogP contribution in [-0.4, -0.2) is 16.1 Å². The van der Waals surface area contributed by atoms with E-state index in [9.17, 15) is 0 Å². The van der Waals surface area contributed by atoms with Gasteiger partial charge in [-0.1, -0.05) is 26.8 Å². The molecule has 1 aliphatic rings. The monoisotopic (exact) mass is 269 g/mol. The van der Waals surface area contributed by atoms with E-state index >= 15 is 0 Å². The highest BCUT2D eigenvalue weighted by Gasteiger charge is 2.16. The van der Waals surface area contributed by atoms with Gasteiger partial charge in [-0.15, -0.1) is 0 Å². The van der Waals surface area contributed by atoms with Crippen molar-refractivity contribution in [3.05, 3.63) is 47.5 Å². The van der Waals surface area contributed by atoms with E-state index in [4.69, 9.17) is 0 Å². The van der Waals surface area contributed by atoms with Crippen molar-refractivity contribution in [1.82, 2.24) is 14.9 Å². The molecule has 0 saturated heterocycles. The molecule has 1 N–H and O–H groups in total. The lowest BCUT2D eigenvalue weighted by molar-refractivity contribution is 0.404. The molecule has 20 heavy (non-hydrogen) atoms. The largest absolute Gasteiger partial charge is 0.312 e. The lowest BCUT2D eigenvalue weighted by atomic mass is 9.90. The number of hydrogen-bond acceptors (Lipinski definition) is 2. The molecule has 3 heteroatoms. The second kappa shape index (κ2) is 5.06. The molecular weight excluding hydrogens is 246 g/mol. The first-order valence-corrected chi connectivity index (χ1v) is 7.37. The summed E-state index contributed by atoms with van der Waals surface area (Å²) in [6.45, 7) is 8.86. The lowest BCUT2D eigenvalue weighted by Crippen LogP contribution is -2.23. The Morgan fingerprint density at radius 3 is 2.90 bits per heavy atom. The van der Waals surface area contributed by atoms with Gasteiger partial charge in [-0.3, -0.25) is 0 Å². The average Bonchev–Trinajstić information content (AvgIpc) is 2.84. The number of fused-ring (bicyclic) bond motifs is 1. The Morgan fingerprint density at radius 1 is 1.25 bits per heavy atom. The zero-order valence-electron chi connectivity index (χ0n) is 12.6. The molecule has 2 heterocycles. The van der Waals surface area contributed by atoms with Crippen LogP contribution in [-0.2, 0) is 19.4 Å². The molecule has 0 fully saturated rings. The van der Waals surface area contributed by atoms with Gasteiger partial charge in [-0.05, 0) is 48.1 Å². The van der Waals surface area contributed by atoms with E-state index in [0.29, 0.717) is 0 Å². The van der Waals surface area contributed by atoms with Crippen LogP contribution in [0.5, 0.6) is 0 Å². The quantitative estimate of drug-likeness (QED) is 0.908. The topological polar surface area (TPSA) is 29.9 Å². The lowest BCUT2D eigenvalue weighted by Gasteiger charge is -2.21. The molecule has 0 spiro atoms. The van der Waals surface area contributed by atoms with Gasteiger partial charge in [-0.25, -0.2) is 4.98 Å². The fourth-order valence-electron chi connectivity index (χ4n) is 2.85. The molecular formula is C17H23N3. The minimum Gasteiger partial charge on any atom is -0.312 e. The SMILES string of the molecule is CC(C)(C)Cc1cncn1-c1ccc2c(c1)CNCC2. The fourth-order valence-corrected chi connectivity index (χ4v) is 2.85. The highest BCUT2D eigenvalue weighted by Crippen LogP contribution is 2.24. The summed E-state index contributed by atoms with van der Waals surface area (Å²) >= 11 is 0. The second-order valence-corrected chi connectivity index (χ2v) is 6.87. The van der Waals surface area contributed by atoms with Crippen LogP contribution < -0.4 is 5.32 Å². The van der Waals surface area contributed by atoms with Crippen LogP contribution in [0.2, 0.25) is 0 Å². The minimum atomic E-state index is 0.271. The number of rotatable bonds is 2. The Bertz CT molecular complexity index is 605. The summed E-state index contributed by atoms with van der Waals surface area (Å²) in [7, 11) is 0. The summed E-state index contributed by atoms with van der Waals surface area (Å²) in [5, 5.41) is 3.44. The van der Waals surface area contributed by atoms with Gasteiger partial charge in [0.2, 0.25) is 0 Å². The van der Waals surface area contributed by atoms with Crippen molar-refractivity contribution in [1.29, 1.82) is 0 Å². The molecule has 0 unspecified atom stereocenters. The van der Waals surface area contributed by atoms with Gasteiger partial charge < -0.3 is 9.88 Å². The van der Waals surface area contributed by atoms with Crippen LogP contribution in [0.3, 0.4) is 0 Å². The molecule has 0 saturated carbocycles. The number of hydrogen-bond donors (Lipinski definition) is 1. The van der Waals surface area contributed by atoms with Crippen LogP contribution >= 0.6 is 0 Å². The van der Waals surface area contributed by atoms with E-state index < -0.39 is 0 Å². The third-order valence-electron chi connectivity index (χ3n) is 3.78. The molecule has 1 aromatic carbocycles. The van der Waals surface area contributed by atoms with Gasteiger partial charge in [0.05, 0.1) is 6.33 Å². The Kier molecular flexibility index (Phi) is 3.38. The molecule has 1 aromatic heterocycles. The van der Waals surface area contributed by atoms with Gasteiger partial charge in [0.25, 0.3) is 0 Å². The first kappa shape index (κ1) is 13.4. The number of aromatic nitrogens is 2. The normalized spacial score (nSPS) is 15.2. The molecule has 0 radical (unpaired) electrons. The third kappa shape index (κ3) is 2.78. The van der Waals surface area contributed by atoms with Crippen molar-refractivity contribution in [3.8, 4) is 5.69 Å². The Hall–Kier alpha value is -1.61. The summed E-state index contributed by atoms with van der Waals surface area (Å²) in [6, 6.07) is 6.79. The first-order chi connectivity index (χ1) is 9.53. The van der Waals surface area contributed by atoms with Gasteiger partial charge >= 0.3 is 0 Å². The molecule has 0 aliphatic carbocycles. The molecule has 0 amide bonds. The number of imidazole rings is 1. The van der Waals surface area contributed by atoms with Gasteiger partial charge in [-0.2, -0.15) is 0 Å². The maximum Gasteiger partial charge on any atom is 0.0994 e. The highest BCUT2D eigenvalue weighted by atomic mass is 15.0. The van der Waals surface area contributed by atoms with Gasteiger partial charge in [0.15, 0.2) is 0 Å². The molecule has 2 aromatic rings. The average molecular weight is 269 g/mol. The van der Waals surface area contributed by atoms with Gasteiger partial charge in [0, 0.05) is 24.1 Å². The predicted molar refractivity (Wildman–Crippen MR) is 82.1 cm³/mol. The van der Waals surface area contributed by atoms with E-state index in [-0.39, 0.29) is 5.41 Å². The third-order valence-corrected chi connectivity index (χ3v) is 3.78. The second-order valence-electron chi connectivity index (χ2n) is 6.87. The van der Waals surface area contributed by atoms with Crippen molar-refractivity contribution in [2.75, 3.05) is 6.54 Å². The standard InChI is InChI=1S/C17H23N3/c1-17(2,3)9-16-11-19-12-20(16)15-5-4-13-6-7-18-10-14(13)8-15/h4-5,8,11-12,18H,6-7,9-10H2,1-3H3. The number of nitrogens with zero attached hydrogens (tertiary/aromatic N) is 2. The summed E-state index contributed by atoms with van der Waals surface area (Å²) in [5.74, 6) is 0. The molecule has 1 aliphatic heterocycles. The molecule has 106 valence electrons. The Labute approximate surface area is 121 Å². The summed E-state index contributed by atoms with van der Waals surface area (Å²) in [6.07, 6.45) is 6.08. The van der Waals surface area contributed by atoms with Crippen LogP contribution in [0.25, 0.3) is 5.69 Å². The molecule has 0 atom stereocenters. The van der Waals surface area contributed by atoms with E-state index in [0.717, 1.165) is 25.9 Å². The zero-order chi connectivity index (χ0) is 14.2. The number of nitrogens with one attached hydrogen (secondary N) is 1. The minimum absolute atomic E-state index is 0.271. The molecule has 3 nitrogen and oxygen atoms in total. The highest BCUT2D eigenvalue weighted by molar-refractivity contribution is 5.42. The van der Waals surface area contributed by atoms with Crippen LogP contribution in [0.4, 0.5) is 0 Å². The fraction of sp³-hybridized carbons (Fsp3) is 0.471. The molecule has 3 rings (SSSR count). The van der Waals surface area contributed by atoms with Gasteiger partial charge in [0.1, 0.15) is 0 Å². The summed E-state index contributed by atoms with van der Waals surface area (Å²) in [5.41, 5.74) is 5.67. The number of benzene rings is 1. The Balaban J connectivity index is 1.95. The van der Waals surface area contributed by atoms with E-state index in [1.807, 2.05) is 12.5 Å². The zero-order valence-corrected chi connectivity index (χ0v) is 12.6. The van der Waals surface area contributed by atoms with E-state index in [1.165, 1.54) is 22.5 Å². The van der Waals surface area contributed by atoms with Crippen molar-refractivity contribution < 1.29 is 0 Å². The van der Waals surface area contributed by atoms with Crippen LogP contribution in [0.1, 0.15) is 37.6 Å². The van der Waals surface area contributed by atoms with Crippen LogP contribution in [0.15, 0.2) is 30.7 Å². The van der Waals surface area contributed by atoms with Crippen molar-refractivity contribution in [2.24, 2.45) is 5.41 Å². The van der Waals surface area contributed by atoms with E-state index in [1.54, 1.807) is 0 Å². The van der Waals surface area contributed by atoms with Crippen molar-refractivity contribution in [3.63, 3.8) is 0 Å². The molecule has 0 bridgehead atoms. The Morgan fingerprint density at radius 2 is 2.10 bits per heavy atom. The predicted octanol–water partition coefficient (Wildman–Crippen LogP) is 3.11. The smallest absolute Gasteiger partial charge is 0.0994 e. The van der Waals surface area contributed by atoms with Crippen molar-refractivity contribution in [2.45, 2.75) is 40.2 Å². The maximum atomic E-state index is 4.34. The van der Waals surface area contributed by atoms with E-state index in [2.05, 4.69) is 53.8 Å².